The van der Waals surface area contributed by atoms with Gasteiger partial charge in [-0.15, -0.1) is 0 Å². The van der Waals surface area contributed by atoms with Gasteiger partial charge in [-0.3, -0.25) is 9.59 Å². The number of carbonyl (C=O) groups excluding carboxylic acids is 2. The summed E-state index contributed by atoms with van der Waals surface area (Å²) < 4.78 is 4.81. The summed E-state index contributed by atoms with van der Waals surface area (Å²) in [6.45, 7) is 1.59. The Hall–Kier alpha value is -1.63. The molecule has 1 aliphatic rings. The van der Waals surface area contributed by atoms with Crippen LogP contribution < -0.4 is 10.6 Å². The van der Waals surface area contributed by atoms with Gasteiger partial charge < -0.3 is 20.5 Å². The quantitative estimate of drug-likeness (QED) is 0.543. The smallest absolute Gasteiger partial charge is 0.329 e. The molecule has 126 valence electrons. The van der Waals surface area contributed by atoms with Gasteiger partial charge in [-0.05, 0) is 25.7 Å². The fourth-order valence-corrected chi connectivity index (χ4v) is 2.58. The van der Waals surface area contributed by atoms with E-state index in [1.165, 1.54) is 19.3 Å². The molecule has 0 aromatic rings. The zero-order valence-electron chi connectivity index (χ0n) is 13.1. The molecule has 22 heavy (non-hydrogen) atoms. The van der Waals surface area contributed by atoms with Gasteiger partial charge in [0, 0.05) is 13.0 Å². The number of rotatable bonds is 9. The average molecular weight is 314 g/mol. The van der Waals surface area contributed by atoms with Crippen LogP contribution in [0.2, 0.25) is 0 Å². The Morgan fingerprint density at radius 1 is 1.23 bits per heavy atom. The standard InChI is InChI=1S/C15H26N2O5/c1-11(15(21)16-7-8-22-10-14(19)20)17-13(18)9-12-5-3-2-4-6-12/h11-12H,2-10H2,1H3,(H,16,21)(H,17,18)(H,19,20). The molecule has 0 aromatic heterocycles. The second-order valence-corrected chi connectivity index (χ2v) is 5.73. The third-order valence-corrected chi connectivity index (χ3v) is 3.74. The van der Waals surface area contributed by atoms with Gasteiger partial charge in [0.1, 0.15) is 12.6 Å². The van der Waals surface area contributed by atoms with Crippen LogP contribution in [0.1, 0.15) is 45.4 Å². The minimum absolute atomic E-state index is 0.0864. The van der Waals surface area contributed by atoms with E-state index >= 15 is 0 Å². The van der Waals surface area contributed by atoms with Crippen molar-refractivity contribution in [2.24, 2.45) is 5.92 Å². The summed E-state index contributed by atoms with van der Waals surface area (Å²) in [6.07, 6.45) is 6.29. The molecule has 0 bridgehead atoms. The van der Waals surface area contributed by atoms with Crippen molar-refractivity contribution >= 4 is 17.8 Å². The SMILES string of the molecule is CC(NC(=O)CC1CCCCC1)C(=O)NCCOCC(=O)O. The average Bonchev–Trinajstić information content (AvgIpc) is 2.47. The molecule has 1 aliphatic carbocycles. The highest BCUT2D eigenvalue weighted by molar-refractivity contribution is 5.87. The molecular formula is C15H26N2O5. The second-order valence-electron chi connectivity index (χ2n) is 5.73. The van der Waals surface area contributed by atoms with Crippen molar-refractivity contribution in [3.05, 3.63) is 0 Å². The van der Waals surface area contributed by atoms with E-state index in [2.05, 4.69) is 10.6 Å². The van der Waals surface area contributed by atoms with E-state index in [9.17, 15) is 14.4 Å². The first kappa shape index (κ1) is 18.4. The molecule has 0 aromatic carbocycles. The first-order chi connectivity index (χ1) is 10.5. The zero-order valence-corrected chi connectivity index (χ0v) is 13.1. The Labute approximate surface area is 130 Å². The highest BCUT2D eigenvalue weighted by atomic mass is 16.5. The fourth-order valence-electron chi connectivity index (χ4n) is 2.58. The van der Waals surface area contributed by atoms with E-state index in [0.717, 1.165) is 12.8 Å². The zero-order chi connectivity index (χ0) is 16.4. The van der Waals surface area contributed by atoms with E-state index in [4.69, 9.17) is 9.84 Å². The third-order valence-electron chi connectivity index (χ3n) is 3.74. The molecule has 0 aliphatic heterocycles. The predicted octanol–water partition coefficient (Wildman–Crippen LogP) is 0.679. The minimum Gasteiger partial charge on any atom is -0.480 e. The van der Waals surface area contributed by atoms with Crippen molar-refractivity contribution in [2.45, 2.75) is 51.5 Å². The van der Waals surface area contributed by atoms with Gasteiger partial charge in [0.2, 0.25) is 11.8 Å². The molecule has 0 radical (unpaired) electrons. The minimum atomic E-state index is -1.05. The van der Waals surface area contributed by atoms with Crippen LogP contribution in [0, 0.1) is 5.92 Å². The number of hydrogen-bond acceptors (Lipinski definition) is 4. The van der Waals surface area contributed by atoms with Gasteiger partial charge in [0.05, 0.1) is 6.61 Å². The van der Waals surface area contributed by atoms with Crippen molar-refractivity contribution < 1.29 is 24.2 Å². The van der Waals surface area contributed by atoms with Crippen LogP contribution in [-0.2, 0) is 19.1 Å². The summed E-state index contributed by atoms with van der Waals surface area (Å²) in [5.74, 6) is -0.990. The molecule has 7 nitrogen and oxygen atoms in total. The van der Waals surface area contributed by atoms with E-state index in [1.54, 1.807) is 6.92 Å². The van der Waals surface area contributed by atoms with Crippen LogP contribution in [0.15, 0.2) is 0 Å². The number of carboxylic acid groups (broad SMARTS) is 1. The molecule has 7 heteroatoms. The first-order valence-corrected chi connectivity index (χ1v) is 7.85. The molecule has 3 N–H and O–H groups in total. The van der Waals surface area contributed by atoms with Gasteiger partial charge in [-0.1, -0.05) is 19.3 Å². The lowest BCUT2D eigenvalue weighted by atomic mass is 9.87. The Morgan fingerprint density at radius 2 is 1.91 bits per heavy atom. The molecule has 0 saturated heterocycles. The Bertz CT molecular complexity index is 380. The van der Waals surface area contributed by atoms with E-state index in [-0.39, 0.29) is 31.6 Å². The largest absolute Gasteiger partial charge is 0.480 e. The summed E-state index contributed by atoms with van der Waals surface area (Å²) in [4.78, 5) is 33.9. The lowest BCUT2D eigenvalue weighted by Crippen LogP contribution is -2.46. The van der Waals surface area contributed by atoms with Gasteiger partial charge in [-0.2, -0.15) is 0 Å². The Morgan fingerprint density at radius 3 is 2.55 bits per heavy atom. The molecule has 0 spiro atoms. The maximum Gasteiger partial charge on any atom is 0.329 e. The Kier molecular flexibility index (Phi) is 8.50. The molecule has 1 fully saturated rings. The Balaban J connectivity index is 2.14. The van der Waals surface area contributed by atoms with Gasteiger partial charge in [0.25, 0.3) is 0 Å². The van der Waals surface area contributed by atoms with Crippen LogP contribution in [0.25, 0.3) is 0 Å². The lowest BCUT2D eigenvalue weighted by molar-refractivity contribution is -0.142. The monoisotopic (exact) mass is 314 g/mol. The molecule has 1 atom stereocenters. The van der Waals surface area contributed by atoms with Gasteiger partial charge >= 0.3 is 5.97 Å². The fraction of sp³-hybridized carbons (Fsp3) is 0.800. The molecule has 1 rings (SSSR count). The molecule has 0 heterocycles. The molecule has 2 amide bonds. The number of carbonyl (C=O) groups is 3. The van der Waals surface area contributed by atoms with Crippen LogP contribution in [0.5, 0.6) is 0 Å². The summed E-state index contributed by atoms with van der Waals surface area (Å²) in [5.41, 5.74) is 0. The van der Waals surface area contributed by atoms with Crippen LogP contribution in [-0.4, -0.2) is 48.7 Å². The summed E-state index contributed by atoms with van der Waals surface area (Å²) in [7, 11) is 0. The maximum absolute atomic E-state index is 11.9. The number of amides is 2. The number of carboxylic acids is 1. The van der Waals surface area contributed by atoms with E-state index in [0.29, 0.717) is 12.3 Å². The number of ether oxygens (including phenoxy) is 1. The molecular weight excluding hydrogens is 288 g/mol. The van der Waals surface area contributed by atoms with Crippen molar-refractivity contribution in [3.8, 4) is 0 Å². The first-order valence-electron chi connectivity index (χ1n) is 7.85. The number of nitrogens with one attached hydrogen (secondary N) is 2. The third kappa shape index (κ3) is 7.97. The molecule has 1 saturated carbocycles. The topological polar surface area (TPSA) is 105 Å². The van der Waals surface area contributed by atoms with Crippen LogP contribution in [0.3, 0.4) is 0 Å². The maximum atomic E-state index is 11.9. The van der Waals surface area contributed by atoms with Gasteiger partial charge in [-0.25, -0.2) is 4.79 Å². The summed E-state index contributed by atoms with van der Waals surface area (Å²) >= 11 is 0. The van der Waals surface area contributed by atoms with Crippen molar-refractivity contribution in [1.29, 1.82) is 0 Å². The van der Waals surface area contributed by atoms with E-state index in [1.807, 2.05) is 0 Å². The van der Waals surface area contributed by atoms with Crippen molar-refractivity contribution in [2.75, 3.05) is 19.8 Å². The highest BCUT2D eigenvalue weighted by Crippen LogP contribution is 2.26. The normalized spacial score (nSPS) is 16.8. The van der Waals surface area contributed by atoms with Gasteiger partial charge in [0.15, 0.2) is 0 Å². The van der Waals surface area contributed by atoms with Crippen LogP contribution in [0.4, 0.5) is 0 Å². The number of hydrogen-bond donors (Lipinski definition) is 3. The van der Waals surface area contributed by atoms with E-state index < -0.39 is 12.0 Å². The van der Waals surface area contributed by atoms with Crippen molar-refractivity contribution in [3.63, 3.8) is 0 Å². The van der Waals surface area contributed by atoms with Crippen molar-refractivity contribution in [1.82, 2.24) is 10.6 Å². The summed E-state index contributed by atoms with van der Waals surface area (Å²) in [6, 6.07) is -0.601. The second kappa shape index (κ2) is 10.2. The molecule has 1 unspecified atom stereocenters. The lowest BCUT2D eigenvalue weighted by Gasteiger charge is -2.22. The number of aliphatic carboxylic acids is 1. The van der Waals surface area contributed by atoms with Crippen LogP contribution >= 0.6 is 0 Å². The summed E-state index contributed by atoms with van der Waals surface area (Å²) in [5, 5.41) is 13.7. The highest BCUT2D eigenvalue weighted by Gasteiger charge is 2.20. The predicted molar refractivity (Wildman–Crippen MR) is 80.3 cm³/mol.